The number of aromatic nitrogens is 2. The lowest BCUT2D eigenvalue weighted by Crippen LogP contribution is -2.01. The average molecular weight is 356 g/mol. The maximum Gasteiger partial charge on any atom is 0.146 e. The van der Waals surface area contributed by atoms with E-state index in [0.29, 0.717) is 32.1 Å². The molecule has 3 aromatic rings. The quantitative estimate of drug-likeness (QED) is 0.566. The van der Waals surface area contributed by atoms with Gasteiger partial charge in [0, 0.05) is 21.3 Å². The van der Waals surface area contributed by atoms with Crippen LogP contribution < -0.4 is 0 Å². The summed E-state index contributed by atoms with van der Waals surface area (Å²) in [5.41, 5.74) is 1.87. The largest absolute Gasteiger partial charge is 0.294 e. The first-order chi connectivity index (χ1) is 10.6. The van der Waals surface area contributed by atoms with Gasteiger partial charge in [-0.15, -0.1) is 0 Å². The van der Waals surface area contributed by atoms with Gasteiger partial charge in [-0.3, -0.25) is 4.57 Å². The summed E-state index contributed by atoms with van der Waals surface area (Å²) < 4.78 is 15.0. The highest BCUT2D eigenvalue weighted by Crippen LogP contribution is 2.32. The Morgan fingerprint density at radius 3 is 2.27 bits per heavy atom. The molecule has 0 spiro atoms. The van der Waals surface area contributed by atoms with Crippen LogP contribution in [0.1, 0.15) is 5.69 Å². The summed E-state index contributed by atoms with van der Waals surface area (Å²) in [7, 11) is 0. The van der Waals surface area contributed by atoms with Gasteiger partial charge in [0.1, 0.15) is 12.5 Å². The van der Waals surface area contributed by atoms with Gasteiger partial charge in [-0.1, -0.05) is 34.8 Å². The van der Waals surface area contributed by atoms with Gasteiger partial charge >= 0.3 is 0 Å². The van der Waals surface area contributed by atoms with E-state index in [1.165, 1.54) is 6.20 Å². The molecule has 0 amide bonds. The van der Waals surface area contributed by atoms with Gasteiger partial charge in [-0.2, -0.15) is 0 Å². The van der Waals surface area contributed by atoms with E-state index < -0.39 is 6.67 Å². The molecule has 0 unspecified atom stereocenters. The van der Waals surface area contributed by atoms with Gasteiger partial charge in [0.05, 0.1) is 16.9 Å². The first-order valence-electron chi connectivity index (χ1n) is 6.44. The highest BCUT2D eigenvalue weighted by Gasteiger charge is 2.16. The second kappa shape index (κ2) is 6.29. The molecule has 22 heavy (non-hydrogen) atoms. The van der Waals surface area contributed by atoms with Crippen molar-refractivity contribution in [1.82, 2.24) is 9.55 Å². The summed E-state index contributed by atoms with van der Waals surface area (Å²) in [5.74, 6) is 0.552. The normalized spacial score (nSPS) is 10.9. The van der Waals surface area contributed by atoms with E-state index in [-0.39, 0.29) is 0 Å². The second-order valence-corrected chi connectivity index (χ2v) is 5.92. The van der Waals surface area contributed by atoms with Crippen LogP contribution in [-0.2, 0) is 6.67 Å². The van der Waals surface area contributed by atoms with Crippen molar-refractivity contribution in [3.8, 4) is 17.1 Å². The third-order valence-electron chi connectivity index (χ3n) is 3.23. The number of nitrogens with zero attached hydrogens (tertiary/aromatic N) is 2. The Labute approximate surface area is 142 Å². The van der Waals surface area contributed by atoms with Crippen molar-refractivity contribution in [2.45, 2.75) is 6.67 Å². The molecule has 1 heterocycles. The zero-order valence-electron chi connectivity index (χ0n) is 11.2. The van der Waals surface area contributed by atoms with Crippen LogP contribution in [0.25, 0.3) is 17.1 Å². The number of imidazole rings is 1. The number of hydrogen-bond acceptors (Lipinski definition) is 1. The zero-order valence-corrected chi connectivity index (χ0v) is 13.5. The molecule has 6 heteroatoms. The summed E-state index contributed by atoms with van der Waals surface area (Å²) in [5, 5.41) is 1.60. The van der Waals surface area contributed by atoms with Crippen molar-refractivity contribution < 1.29 is 4.39 Å². The standard InChI is InChI=1S/C16H10Cl3FN2/c17-10-1-4-12(5-2-10)22-13(8-20)9-21-16(22)14-6-3-11(18)7-15(14)19/h1-7,9H,8H2. The van der Waals surface area contributed by atoms with Gasteiger partial charge in [0.25, 0.3) is 0 Å². The van der Waals surface area contributed by atoms with Crippen molar-refractivity contribution in [2.75, 3.05) is 0 Å². The molecule has 0 atom stereocenters. The van der Waals surface area contributed by atoms with E-state index in [1.54, 1.807) is 47.0 Å². The smallest absolute Gasteiger partial charge is 0.146 e. The number of benzene rings is 2. The molecule has 1 aromatic heterocycles. The molecule has 0 radical (unpaired) electrons. The van der Waals surface area contributed by atoms with Crippen LogP contribution in [0, 0.1) is 0 Å². The van der Waals surface area contributed by atoms with Crippen molar-refractivity contribution in [2.24, 2.45) is 0 Å². The lowest BCUT2D eigenvalue weighted by atomic mass is 10.2. The van der Waals surface area contributed by atoms with Gasteiger partial charge in [-0.25, -0.2) is 9.37 Å². The first kappa shape index (κ1) is 15.3. The van der Waals surface area contributed by atoms with Gasteiger partial charge in [0.2, 0.25) is 0 Å². The van der Waals surface area contributed by atoms with Crippen LogP contribution in [-0.4, -0.2) is 9.55 Å². The van der Waals surface area contributed by atoms with Crippen LogP contribution in [0.4, 0.5) is 4.39 Å². The van der Waals surface area contributed by atoms with E-state index in [4.69, 9.17) is 34.8 Å². The molecular formula is C16H10Cl3FN2. The Kier molecular flexibility index (Phi) is 4.39. The van der Waals surface area contributed by atoms with Crippen LogP contribution in [0.15, 0.2) is 48.7 Å². The van der Waals surface area contributed by atoms with E-state index in [1.807, 2.05) is 0 Å². The predicted octanol–water partition coefficient (Wildman–Crippen LogP) is 5.97. The number of alkyl halides is 1. The van der Waals surface area contributed by atoms with Crippen LogP contribution in [0.2, 0.25) is 15.1 Å². The molecule has 0 fully saturated rings. The van der Waals surface area contributed by atoms with Crippen LogP contribution in [0.5, 0.6) is 0 Å². The number of hydrogen-bond donors (Lipinski definition) is 0. The molecule has 0 N–H and O–H groups in total. The summed E-state index contributed by atoms with van der Waals surface area (Å²) in [6.45, 7) is -0.638. The average Bonchev–Trinajstić information content (AvgIpc) is 2.92. The monoisotopic (exact) mass is 354 g/mol. The zero-order chi connectivity index (χ0) is 15.7. The molecule has 0 aliphatic heterocycles. The van der Waals surface area contributed by atoms with E-state index in [0.717, 1.165) is 5.69 Å². The lowest BCUT2D eigenvalue weighted by molar-refractivity contribution is 0.471. The Morgan fingerprint density at radius 2 is 1.64 bits per heavy atom. The van der Waals surface area contributed by atoms with E-state index >= 15 is 0 Å². The molecule has 0 bridgehead atoms. The molecule has 0 saturated carbocycles. The summed E-state index contributed by atoms with van der Waals surface area (Å²) in [6.07, 6.45) is 1.49. The molecule has 0 aliphatic carbocycles. The predicted molar refractivity (Wildman–Crippen MR) is 88.8 cm³/mol. The molecule has 2 aromatic carbocycles. The highest BCUT2D eigenvalue weighted by molar-refractivity contribution is 6.36. The molecular weight excluding hydrogens is 346 g/mol. The summed E-state index contributed by atoms with van der Waals surface area (Å²) >= 11 is 18.1. The second-order valence-electron chi connectivity index (χ2n) is 4.64. The maximum atomic E-state index is 13.3. The van der Waals surface area contributed by atoms with E-state index in [2.05, 4.69) is 4.98 Å². The highest BCUT2D eigenvalue weighted by atomic mass is 35.5. The van der Waals surface area contributed by atoms with Gasteiger partial charge in [-0.05, 0) is 42.5 Å². The Balaban J connectivity index is 2.21. The molecule has 3 rings (SSSR count). The Morgan fingerprint density at radius 1 is 0.955 bits per heavy atom. The summed E-state index contributed by atoms with van der Waals surface area (Å²) in [4.78, 5) is 4.31. The van der Waals surface area contributed by atoms with E-state index in [9.17, 15) is 4.39 Å². The van der Waals surface area contributed by atoms with Gasteiger partial charge in [0.15, 0.2) is 0 Å². The SMILES string of the molecule is FCc1cnc(-c2ccc(Cl)cc2Cl)n1-c1ccc(Cl)cc1. The van der Waals surface area contributed by atoms with Crippen molar-refractivity contribution in [3.63, 3.8) is 0 Å². The lowest BCUT2D eigenvalue weighted by Gasteiger charge is -2.12. The minimum absolute atomic E-state index is 0.434. The maximum absolute atomic E-state index is 13.3. The fourth-order valence-corrected chi connectivity index (χ4v) is 2.84. The van der Waals surface area contributed by atoms with Crippen LogP contribution in [0.3, 0.4) is 0 Å². The third kappa shape index (κ3) is 2.84. The minimum Gasteiger partial charge on any atom is -0.294 e. The summed E-state index contributed by atoms with van der Waals surface area (Å²) in [6, 6.07) is 12.2. The van der Waals surface area contributed by atoms with Crippen molar-refractivity contribution in [3.05, 3.63) is 69.4 Å². The molecule has 112 valence electrons. The molecule has 0 aliphatic rings. The Bertz CT molecular complexity index is 813. The fourth-order valence-electron chi connectivity index (χ4n) is 2.22. The molecule has 2 nitrogen and oxygen atoms in total. The molecule has 0 saturated heterocycles. The minimum atomic E-state index is -0.638. The van der Waals surface area contributed by atoms with Crippen molar-refractivity contribution >= 4 is 34.8 Å². The Hall–Kier alpha value is -1.55. The third-order valence-corrected chi connectivity index (χ3v) is 4.03. The van der Waals surface area contributed by atoms with Crippen molar-refractivity contribution in [1.29, 1.82) is 0 Å². The van der Waals surface area contributed by atoms with Crippen LogP contribution >= 0.6 is 34.8 Å². The number of rotatable bonds is 3. The number of halogens is 4. The first-order valence-corrected chi connectivity index (χ1v) is 7.57. The van der Waals surface area contributed by atoms with Gasteiger partial charge < -0.3 is 0 Å². The topological polar surface area (TPSA) is 17.8 Å². The fraction of sp³-hybridized carbons (Fsp3) is 0.0625.